The number of hydrogen-bond acceptors (Lipinski definition) is 4. The first kappa shape index (κ1) is 13.5. The molecule has 0 radical (unpaired) electrons. The first-order valence-electron chi connectivity index (χ1n) is 5.07. The Kier molecular flexibility index (Phi) is 4.01. The van der Waals surface area contributed by atoms with E-state index < -0.39 is 0 Å². The van der Waals surface area contributed by atoms with E-state index in [1.807, 2.05) is 16.5 Å². The molecule has 2 N–H and O–H groups in total. The molecule has 94 valence electrons. The molecule has 4 nitrogen and oxygen atoms in total. The Labute approximate surface area is 122 Å². The molecule has 0 saturated carbocycles. The van der Waals surface area contributed by atoms with Crippen LogP contribution in [-0.2, 0) is 6.54 Å². The average Bonchev–Trinajstić information content (AvgIpc) is 2.91. The maximum atomic E-state index is 5.66. The molecule has 2 heterocycles. The van der Waals surface area contributed by atoms with E-state index in [-0.39, 0.29) is 12.4 Å². The normalized spacial score (nSPS) is 10.6. The number of halogens is 2. The van der Waals surface area contributed by atoms with Crippen molar-refractivity contribution in [2.75, 3.05) is 0 Å². The van der Waals surface area contributed by atoms with E-state index in [0.717, 1.165) is 26.5 Å². The summed E-state index contributed by atoms with van der Waals surface area (Å²) in [4.78, 5) is 0.878. The van der Waals surface area contributed by atoms with Gasteiger partial charge in [0.15, 0.2) is 5.82 Å². The lowest BCUT2D eigenvalue weighted by Crippen LogP contribution is -2.02. The van der Waals surface area contributed by atoms with Gasteiger partial charge < -0.3 is 5.73 Å². The van der Waals surface area contributed by atoms with Crippen LogP contribution in [0.15, 0.2) is 34.1 Å². The van der Waals surface area contributed by atoms with Gasteiger partial charge >= 0.3 is 0 Å². The van der Waals surface area contributed by atoms with Gasteiger partial charge in [-0.05, 0) is 17.7 Å². The summed E-state index contributed by atoms with van der Waals surface area (Å²) in [6, 6.07) is 8.16. The van der Waals surface area contributed by atoms with Gasteiger partial charge in [0.1, 0.15) is 0 Å². The van der Waals surface area contributed by atoms with Gasteiger partial charge in [-0.3, -0.25) is 4.40 Å². The van der Waals surface area contributed by atoms with E-state index in [1.165, 1.54) is 0 Å². The number of thiazole rings is 1. The largest absolute Gasteiger partial charge is 0.324 e. The van der Waals surface area contributed by atoms with Crippen molar-refractivity contribution in [3.05, 3.63) is 39.9 Å². The molecule has 18 heavy (non-hydrogen) atoms. The van der Waals surface area contributed by atoms with Crippen molar-refractivity contribution < 1.29 is 0 Å². The standard InChI is InChI=1S/C11H9BrN4S.ClH/c12-8-3-1-7(2-4-8)9-6-17-11-15-14-10(5-13)16(9)11;/h1-4,6H,5,13H2;1H. The van der Waals surface area contributed by atoms with E-state index in [2.05, 4.69) is 43.6 Å². The predicted octanol–water partition coefficient (Wildman–Crippen LogP) is 3.10. The molecule has 0 aliphatic heterocycles. The summed E-state index contributed by atoms with van der Waals surface area (Å²) in [6.07, 6.45) is 0. The summed E-state index contributed by atoms with van der Waals surface area (Å²) in [7, 11) is 0. The summed E-state index contributed by atoms with van der Waals surface area (Å²) in [5, 5.41) is 10.2. The number of rotatable bonds is 2. The molecular weight excluding hydrogens is 336 g/mol. The fraction of sp³-hybridized carbons (Fsp3) is 0.0909. The lowest BCUT2D eigenvalue weighted by atomic mass is 10.2. The summed E-state index contributed by atoms with van der Waals surface area (Å²) >= 11 is 5.00. The molecule has 0 unspecified atom stereocenters. The maximum absolute atomic E-state index is 5.66. The molecule has 0 atom stereocenters. The minimum absolute atomic E-state index is 0. The van der Waals surface area contributed by atoms with Crippen molar-refractivity contribution >= 4 is 44.6 Å². The van der Waals surface area contributed by atoms with E-state index in [0.29, 0.717) is 6.54 Å². The summed E-state index contributed by atoms with van der Waals surface area (Å²) in [5.41, 5.74) is 7.88. The zero-order valence-electron chi connectivity index (χ0n) is 9.21. The van der Waals surface area contributed by atoms with Crippen LogP contribution in [0.4, 0.5) is 0 Å². The zero-order valence-corrected chi connectivity index (χ0v) is 12.4. The lowest BCUT2D eigenvalue weighted by molar-refractivity contribution is 0.887. The maximum Gasteiger partial charge on any atom is 0.216 e. The first-order chi connectivity index (χ1) is 8.29. The Morgan fingerprint density at radius 1 is 1.22 bits per heavy atom. The van der Waals surface area contributed by atoms with Gasteiger partial charge in [0.2, 0.25) is 4.96 Å². The van der Waals surface area contributed by atoms with E-state index in [9.17, 15) is 0 Å². The summed E-state index contributed by atoms with van der Waals surface area (Å²) in [6.45, 7) is 0.390. The minimum atomic E-state index is 0. The highest BCUT2D eigenvalue weighted by atomic mass is 79.9. The van der Waals surface area contributed by atoms with Crippen LogP contribution >= 0.6 is 39.7 Å². The van der Waals surface area contributed by atoms with Crippen LogP contribution in [-0.4, -0.2) is 14.6 Å². The minimum Gasteiger partial charge on any atom is -0.324 e. The SMILES string of the molecule is Cl.NCc1nnc2scc(-c3ccc(Br)cc3)n12. The number of hydrogen-bond donors (Lipinski definition) is 1. The van der Waals surface area contributed by atoms with Crippen molar-refractivity contribution in [1.29, 1.82) is 0 Å². The highest BCUT2D eigenvalue weighted by molar-refractivity contribution is 9.10. The topological polar surface area (TPSA) is 56.2 Å². The molecule has 0 spiro atoms. The van der Waals surface area contributed by atoms with E-state index in [1.54, 1.807) is 11.3 Å². The van der Waals surface area contributed by atoms with E-state index in [4.69, 9.17) is 5.73 Å². The monoisotopic (exact) mass is 344 g/mol. The lowest BCUT2D eigenvalue weighted by Gasteiger charge is -2.01. The zero-order chi connectivity index (χ0) is 11.8. The Balaban J connectivity index is 0.00000120. The Bertz CT molecular complexity index is 661. The molecule has 1 aromatic carbocycles. The number of nitrogens with zero attached hydrogens (tertiary/aromatic N) is 3. The molecule has 3 rings (SSSR count). The van der Waals surface area contributed by atoms with Gasteiger partial charge in [-0.1, -0.05) is 28.1 Å². The van der Waals surface area contributed by atoms with E-state index >= 15 is 0 Å². The predicted molar refractivity (Wildman–Crippen MR) is 79.1 cm³/mol. The van der Waals surface area contributed by atoms with Crippen molar-refractivity contribution in [2.45, 2.75) is 6.54 Å². The molecule has 0 aliphatic carbocycles. The third kappa shape index (κ3) is 2.16. The van der Waals surface area contributed by atoms with Crippen molar-refractivity contribution in [3.8, 4) is 11.3 Å². The van der Waals surface area contributed by atoms with Gasteiger partial charge in [0, 0.05) is 9.85 Å². The van der Waals surface area contributed by atoms with Gasteiger partial charge in [-0.25, -0.2) is 0 Å². The first-order valence-corrected chi connectivity index (χ1v) is 6.74. The van der Waals surface area contributed by atoms with Gasteiger partial charge in [0.25, 0.3) is 0 Å². The second kappa shape index (κ2) is 5.36. The Hall–Kier alpha value is -0.950. The number of nitrogens with two attached hydrogens (primary N) is 1. The smallest absolute Gasteiger partial charge is 0.216 e. The summed E-state index contributed by atoms with van der Waals surface area (Å²) < 4.78 is 3.07. The summed E-state index contributed by atoms with van der Waals surface area (Å²) in [5.74, 6) is 0.791. The van der Waals surface area contributed by atoms with Crippen LogP contribution in [0.25, 0.3) is 16.2 Å². The molecule has 3 aromatic rings. The fourth-order valence-corrected chi connectivity index (χ4v) is 2.85. The molecule has 0 fully saturated rings. The van der Waals surface area contributed by atoms with Crippen LogP contribution < -0.4 is 5.73 Å². The third-order valence-electron chi connectivity index (χ3n) is 2.54. The molecule has 7 heteroatoms. The van der Waals surface area contributed by atoms with Crippen LogP contribution in [0.5, 0.6) is 0 Å². The number of benzene rings is 1. The third-order valence-corrected chi connectivity index (χ3v) is 3.88. The Morgan fingerprint density at radius 2 is 1.94 bits per heavy atom. The van der Waals surface area contributed by atoms with Crippen molar-refractivity contribution in [3.63, 3.8) is 0 Å². The van der Waals surface area contributed by atoms with Gasteiger partial charge in [-0.2, -0.15) is 0 Å². The fourth-order valence-electron chi connectivity index (χ4n) is 1.73. The molecule has 0 saturated heterocycles. The molecular formula is C11H10BrClN4S. The van der Waals surface area contributed by atoms with Crippen molar-refractivity contribution in [2.24, 2.45) is 5.73 Å². The number of aromatic nitrogens is 3. The highest BCUT2D eigenvalue weighted by Gasteiger charge is 2.11. The quantitative estimate of drug-likeness (QED) is 0.776. The Morgan fingerprint density at radius 3 is 2.61 bits per heavy atom. The average molecular weight is 346 g/mol. The van der Waals surface area contributed by atoms with Gasteiger partial charge in [-0.15, -0.1) is 33.9 Å². The van der Waals surface area contributed by atoms with Crippen LogP contribution in [0.1, 0.15) is 5.82 Å². The van der Waals surface area contributed by atoms with Crippen LogP contribution in [0.2, 0.25) is 0 Å². The second-order valence-electron chi connectivity index (χ2n) is 3.57. The highest BCUT2D eigenvalue weighted by Crippen LogP contribution is 2.27. The molecule has 0 bridgehead atoms. The molecule has 0 amide bonds. The van der Waals surface area contributed by atoms with Crippen molar-refractivity contribution in [1.82, 2.24) is 14.6 Å². The number of fused-ring (bicyclic) bond motifs is 1. The van der Waals surface area contributed by atoms with Crippen LogP contribution in [0.3, 0.4) is 0 Å². The van der Waals surface area contributed by atoms with Crippen LogP contribution in [0, 0.1) is 0 Å². The molecule has 2 aromatic heterocycles. The second-order valence-corrected chi connectivity index (χ2v) is 5.32. The van der Waals surface area contributed by atoms with Gasteiger partial charge in [0.05, 0.1) is 12.2 Å². The molecule has 0 aliphatic rings.